The van der Waals surface area contributed by atoms with Gasteiger partial charge in [0.15, 0.2) is 0 Å². The van der Waals surface area contributed by atoms with Crippen LogP contribution in [0.4, 0.5) is 0 Å². The molecule has 2 aromatic heterocycles. The molecular formula is C19H27N5O2. The average molecular weight is 357 g/mol. The molecule has 0 spiro atoms. The van der Waals surface area contributed by atoms with Crippen molar-refractivity contribution in [2.75, 3.05) is 20.2 Å². The maximum absolute atomic E-state index is 12.3. The van der Waals surface area contributed by atoms with E-state index in [2.05, 4.69) is 27.2 Å². The summed E-state index contributed by atoms with van der Waals surface area (Å²) >= 11 is 0. The number of carbonyl (C=O) groups is 1. The van der Waals surface area contributed by atoms with E-state index in [0.29, 0.717) is 5.69 Å². The Labute approximate surface area is 154 Å². The maximum atomic E-state index is 12.3. The number of piperidine rings is 1. The van der Waals surface area contributed by atoms with Crippen LogP contribution < -0.4 is 10.1 Å². The minimum Gasteiger partial charge on any atom is -0.496 e. The molecule has 0 aromatic carbocycles. The molecule has 1 aliphatic heterocycles. The Morgan fingerprint density at radius 1 is 1.42 bits per heavy atom. The Balaban J connectivity index is 1.63. The number of rotatable bonds is 5. The summed E-state index contributed by atoms with van der Waals surface area (Å²) in [5.74, 6) is 0.802. The fourth-order valence-corrected chi connectivity index (χ4v) is 3.55. The van der Waals surface area contributed by atoms with Gasteiger partial charge in [-0.05, 0) is 39.3 Å². The van der Waals surface area contributed by atoms with Crippen LogP contribution in [0, 0.1) is 13.8 Å². The number of nitrogens with zero attached hydrogens (tertiary/aromatic N) is 4. The molecule has 1 amide bonds. The molecule has 0 bridgehead atoms. The predicted molar refractivity (Wildman–Crippen MR) is 99.2 cm³/mol. The number of amides is 1. The minimum absolute atomic E-state index is 0.108. The van der Waals surface area contributed by atoms with Gasteiger partial charge < -0.3 is 10.1 Å². The molecule has 26 heavy (non-hydrogen) atoms. The lowest BCUT2D eigenvalue weighted by atomic mass is 10.0. The highest BCUT2D eigenvalue weighted by molar-refractivity contribution is 5.92. The Morgan fingerprint density at radius 2 is 2.23 bits per heavy atom. The Kier molecular flexibility index (Phi) is 5.56. The first-order chi connectivity index (χ1) is 12.5. The van der Waals surface area contributed by atoms with E-state index in [4.69, 9.17) is 4.74 Å². The van der Waals surface area contributed by atoms with Gasteiger partial charge in [-0.15, -0.1) is 0 Å². The van der Waals surface area contributed by atoms with Crippen LogP contribution in [0.15, 0.2) is 18.5 Å². The summed E-state index contributed by atoms with van der Waals surface area (Å²) in [6.45, 7) is 6.65. The van der Waals surface area contributed by atoms with E-state index in [1.54, 1.807) is 24.1 Å². The summed E-state index contributed by atoms with van der Waals surface area (Å²) in [4.78, 5) is 19.3. The third-order valence-electron chi connectivity index (χ3n) is 4.91. The van der Waals surface area contributed by atoms with E-state index in [9.17, 15) is 4.79 Å². The molecule has 1 aliphatic rings. The highest BCUT2D eigenvalue weighted by Crippen LogP contribution is 2.25. The van der Waals surface area contributed by atoms with E-state index in [1.807, 2.05) is 20.2 Å². The number of hydrogen-bond donors (Lipinski definition) is 1. The van der Waals surface area contributed by atoms with Gasteiger partial charge in [0, 0.05) is 49.7 Å². The first-order valence-electron chi connectivity index (χ1n) is 9.00. The highest BCUT2D eigenvalue weighted by atomic mass is 16.5. The number of aryl methyl sites for hydroxylation is 2. The molecule has 7 heteroatoms. The van der Waals surface area contributed by atoms with Gasteiger partial charge in [-0.2, -0.15) is 5.10 Å². The topological polar surface area (TPSA) is 72.3 Å². The van der Waals surface area contributed by atoms with Gasteiger partial charge in [0.05, 0.1) is 12.8 Å². The van der Waals surface area contributed by atoms with Crippen molar-refractivity contribution in [3.05, 3.63) is 41.0 Å². The summed E-state index contributed by atoms with van der Waals surface area (Å²) < 4.78 is 7.15. The molecule has 0 aliphatic carbocycles. The normalized spacial score (nSPS) is 17.9. The quantitative estimate of drug-likeness (QED) is 0.884. The number of carbonyl (C=O) groups excluding carboxylic acids is 1. The van der Waals surface area contributed by atoms with Gasteiger partial charge in [-0.3, -0.25) is 19.4 Å². The SMILES string of the molecule is COc1c(C)cnc(CN2CCCC(NC(=O)c3ccn(C)n3)C2)c1C. The smallest absolute Gasteiger partial charge is 0.272 e. The van der Waals surface area contributed by atoms with Crippen LogP contribution in [-0.4, -0.2) is 51.8 Å². The van der Waals surface area contributed by atoms with Crippen molar-refractivity contribution in [1.29, 1.82) is 0 Å². The van der Waals surface area contributed by atoms with Gasteiger partial charge >= 0.3 is 0 Å². The number of likely N-dealkylation sites (tertiary alicyclic amines) is 1. The second-order valence-electron chi connectivity index (χ2n) is 6.97. The lowest BCUT2D eigenvalue weighted by molar-refractivity contribution is 0.0894. The van der Waals surface area contributed by atoms with Crippen molar-refractivity contribution in [1.82, 2.24) is 25.0 Å². The zero-order chi connectivity index (χ0) is 18.7. The lowest BCUT2D eigenvalue weighted by Crippen LogP contribution is -2.47. The zero-order valence-corrected chi connectivity index (χ0v) is 16.0. The van der Waals surface area contributed by atoms with Gasteiger partial charge in [0.1, 0.15) is 11.4 Å². The van der Waals surface area contributed by atoms with Crippen LogP contribution >= 0.6 is 0 Å². The van der Waals surface area contributed by atoms with E-state index in [0.717, 1.165) is 55.0 Å². The zero-order valence-electron chi connectivity index (χ0n) is 16.0. The van der Waals surface area contributed by atoms with Gasteiger partial charge in [-0.1, -0.05) is 0 Å². The van der Waals surface area contributed by atoms with Gasteiger partial charge in [0.2, 0.25) is 0 Å². The number of methoxy groups -OCH3 is 1. The third kappa shape index (κ3) is 4.04. The molecule has 3 heterocycles. The van der Waals surface area contributed by atoms with Crippen molar-refractivity contribution >= 4 is 5.91 Å². The van der Waals surface area contributed by atoms with Crippen molar-refractivity contribution in [3.8, 4) is 5.75 Å². The molecule has 1 fully saturated rings. The fraction of sp³-hybridized carbons (Fsp3) is 0.526. The molecule has 140 valence electrons. The highest BCUT2D eigenvalue weighted by Gasteiger charge is 2.24. The summed E-state index contributed by atoms with van der Waals surface area (Å²) in [5.41, 5.74) is 3.63. The van der Waals surface area contributed by atoms with Crippen LogP contribution in [0.3, 0.4) is 0 Å². The lowest BCUT2D eigenvalue weighted by Gasteiger charge is -2.33. The minimum atomic E-state index is -0.108. The standard InChI is InChI=1S/C19H27N5O2/c1-13-10-20-17(14(2)18(13)26-4)12-24-8-5-6-15(11-24)21-19(25)16-7-9-23(3)22-16/h7,9-10,15H,5-6,8,11-12H2,1-4H3,(H,21,25). The summed E-state index contributed by atoms with van der Waals surface area (Å²) in [7, 11) is 3.51. The number of nitrogens with one attached hydrogen (secondary N) is 1. The molecule has 0 saturated carbocycles. The Morgan fingerprint density at radius 3 is 2.92 bits per heavy atom. The maximum Gasteiger partial charge on any atom is 0.272 e. The summed E-state index contributed by atoms with van der Waals surface area (Å²) in [6.07, 6.45) is 5.68. The number of ether oxygens (including phenoxy) is 1. The van der Waals surface area contributed by atoms with Crippen LogP contribution in [0.2, 0.25) is 0 Å². The number of pyridine rings is 1. The first-order valence-corrected chi connectivity index (χ1v) is 9.00. The Hall–Kier alpha value is -2.41. The Bertz CT molecular complexity index is 786. The van der Waals surface area contributed by atoms with E-state index in [1.165, 1.54) is 0 Å². The monoisotopic (exact) mass is 357 g/mol. The molecule has 7 nitrogen and oxygen atoms in total. The molecule has 1 atom stereocenters. The fourth-order valence-electron chi connectivity index (χ4n) is 3.55. The predicted octanol–water partition coefficient (Wildman–Crippen LogP) is 1.83. The van der Waals surface area contributed by atoms with Crippen LogP contribution in [0.1, 0.15) is 40.2 Å². The average Bonchev–Trinajstić information content (AvgIpc) is 3.05. The largest absolute Gasteiger partial charge is 0.496 e. The van der Waals surface area contributed by atoms with Gasteiger partial charge in [-0.25, -0.2) is 0 Å². The van der Waals surface area contributed by atoms with E-state index >= 15 is 0 Å². The van der Waals surface area contributed by atoms with Crippen molar-refractivity contribution < 1.29 is 9.53 Å². The second kappa shape index (κ2) is 7.86. The van der Waals surface area contributed by atoms with Crippen LogP contribution in [0.5, 0.6) is 5.75 Å². The molecule has 3 rings (SSSR count). The van der Waals surface area contributed by atoms with E-state index in [-0.39, 0.29) is 11.9 Å². The van der Waals surface area contributed by atoms with Crippen molar-refractivity contribution in [2.24, 2.45) is 7.05 Å². The molecular weight excluding hydrogens is 330 g/mol. The molecule has 1 saturated heterocycles. The number of aromatic nitrogens is 3. The summed E-state index contributed by atoms with van der Waals surface area (Å²) in [6, 6.07) is 1.87. The molecule has 0 radical (unpaired) electrons. The molecule has 1 N–H and O–H groups in total. The van der Waals surface area contributed by atoms with Crippen molar-refractivity contribution in [2.45, 2.75) is 39.3 Å². The summed E-state index contributed by atoms with van der Waals surface area (Å²) in [5, 5.41) is 7.28. The van der Waals surface area contributed by atoms with E-state index < -0.39 is 0 Å². The van der Waals surface area contributed by atoms with Crippen LogP contribution in [0.25, 0.3) is 0 Å². The number of hydrogen-bond acceptors (Lipinski definition) is 5. The van der Waals surface area contributed by atoms with Crippen LogP contribution in [-0.2, 0) is 13.6 Å². The molecule has 2 aromatic rings. The first kappa shape index (κ1) is 18.4. The van der Waals surface area contributed by atoms with Gasteiger partial charge in [0.25, 0.3) is 5.91 Å². The third-order valence-corrected chi connectivity index (χ3v) is 4.91. The van der Waals surface area contributed by atoms with Crippen molar-refractivity contribution in [3.63, 3.8) is 0 Å². The molecule has 1 unspecified atom stereocenters. The second-order valence-corrected chi connectivity index (χ2v) is 6.97.